The summed E-state index contributed by atoms with van der Waals surface area (Å²) >= 11 is 12.3. The first-order valence-corrected chi connectivity index (χ1v) is 16.0. The van der Waals surface area contributed by atoms with Gasteiger partial charge in [0, 0.05) is 29.7 Å². The molecule has 13 heteroatoms. The molecule has 1 N–H and O–H groups in total. The Morgan fingerprint density at radius 2 is 1.53 bits per heavy atom. The van der Waals surface area contributed by atoms with Crippen LogP contribution in [-0.2, 0) is 21.9 Å². The highest BCUT2D eigenvalue weighted by atomic mass is 35.5. The predicted octanol–water partition coefficient (Wildman–Crippen LogP) is 5.54. The Hall–Kier alpha value is -4.58. The number of amides is 1. The molecule has 0 radical (unpaired) electrons. The van der Waals surface area contributed by atoms with E-state index in [0.717, 1.165) is 26.9 Å². The number of anilines is 1. The number of nitrogens with one attached hydrogen (secondary N) is 1. The molecular formula is C32H30Cl2N6O4S. The fraction of sp³-hybridized carbons (Fsp3) is 0.156. The van der Waals surface area contributed by atoms with E-state index < -0.39 is 28.0 Å². The van der Waals surface area contributed by atoms with E-state index >= 15 is 0 Å². The standard InChI is InChI=1S/C32H30Cl2N6O4S/c1-21-17-24(22(2)39(21)26-15-16-28(33)29(34)18-26)19-35-36-30(41)20-38(45(43,44)27-13-9-6-10-14-27)31-23(3)37(4)40(32(31)42)25-11-7-5-8-12-25/h5-19H,20H2,1-4H3,(H,36,41)/b35-19-. The van der Waals surface area contributed by atoms with Gasteiger partial charge in [0.15, 0.2) is 0 Å². The molecule has 232 valence electrons. The fourth-order valence-electron chi connectivity index (χ4n) is 5.12. The summed E-state index contributed by atoms with van der Waals surface area (Å²) in [7, 11) is -2.68. The number of rotatable bonds is 9. The zero-order valence-electron chi connectivity index (χ0n) is 24.9. The van der Waals surface area contributed by atoms with Crippen LogP contribution in [0.1, 0.15) is 22.6 Å². The summed E-state index contributed by atoms with van der Waals surface area (Å²) in [5, 5.41) is 4.97. The van der Waals surface area contributed by atoms with Crippen molar-refractivity contribution in [3.8, 4) is 11.4 Å². The number of benzene rings is 3. The van der Waals surface area contributed by atoms with Crippen LogP contribution in [0.3, 0.4) is 0 Å². The maximum Gasteiger partial charge on any atom is 0.296 e. The second-order valence-corrected chi connectivity index (χ2v) is 13.0. The highest BCUT2D eigenvalue weighted by molar-refractivity contribution is 7.92. The highest BCUT2D eigenvalue weighted by Gasteiger charge is 2.33. The van der Waals surface area contributed by atoms with Gasteiger partial charge in [0.05, 0.1) is 32.5 Å². The molecule has 0 saturated heterocycles. The van der Waals surface area contributed by atoms with Crippen molar-refractivity contribution in [1.82, 2.24) is 19.4 Å². The number of carbonyl (C=O) groups is 1. The predicted molar refractivity (Wildman–Crippen MR) is 178 cm³/mol. The van der Waals surface area contributed by atoms with Gasteiger partial charge in [-0.2, -0.15) is 5.10 Å². The first-order valence-electron chi connectivity index (χ1n) is 13.8. The Kier molecular flexibility index (Phi) is 9.06. The van der Waals surface area contributed by atoms with Crippen molar-refractivity contribution in [2.75, 3.05) is 10.8 Å². The SMILES string of the molecule is Cc1cc(/C=N\NC(=O)CN(c2c(C)n(C)n(-c3ccccc3)c2=O)S(=O)(=O)c2ccccc2)c(C)n1-c1ccc(Cl)c(Cl)c1. The molecule has 10 nitrogen and oxygen atoms in total. The molecule has 2 aromatic heterocycles. The van der Waals surface area contributed by atoms with Crippen molar-refractivity contribution in [2.45, 2.75) is 25.7 Å². The van der Waals surface area contributed by atoms with Gasteiger partial charge < -0.3 is 4.57 Å². The lowest BCUT2D eigenvalue weighted by Crippen LogP contribution is -2.42. The molecule has 0 unspecified atom stereocenters. The van der Waals surface area contributed by atoms with E-state index in [-0.39, 0.29) is 10.6 Å². The smallest absolute Gasteiger partial charge is 0.296 e. The molecule has 0 atom stereocenters. The van der Waals surface area contributed by atoms with E-state index in [0.29, 0.717) is 21.4 Å². The summed E-state index contributed by atoms with van der Waals surface area (Å²) in [6.45, 7) is 4.75. The molecule has 0 spiro atoms. The molecule has 1 amide bonds. The Bertz CT molecular complexity index is 2090. The van der Waals surface area contributed by atoms with Crippen molar-refractivity contribution in [3.05, 3.63) is 128 Å². The van der Waals surface area contributed by atoms with Gasteiger partial charge in [-0.3, -0.25) is 14.3 Å². The second kappa shape index (κ2) is 12.8. The van der Waals surface area contributed by atoms with Crippen LogP contribution in [0, 0.1) is 20.8 Å². The first kappa shape index (κ1) is 31.8. The minimum atomic E-state index is -4.33. The highest BCUT2D eigenvalue weighted by Crippen LogP contribution is 2.28. The lowest BCUT2D eigenvalue weighted by Gasteiger charge is -2.22. The largest absolute Gasteiger partial charge is 0.318 e. The molecule has 0 saturated carbocycles. The van der Waals surface area contributed by atoms with Crippen LogP contribution in [0.4, 0.5) is 5.69 Å². The van der Waals surface area contributed by atoms with Crippen molar-refractivity contribution in [1.29, 1.82) is 0 Å². The lowest BCUT2D eigenvalue weighted by atomic mass is 10.2. The molecule has 0 bridgehead atoms. The monoisotopic (exact) mass is 664 g/mol. The molecule has 0 aliphatic rings. The van der Waals surface area contributed by atoms with Crippen LogP contribution < -0.4 is 15.3 Å². The van der Waals surface area contributed by atoms with E-state index in [2.05, 4.69) is 10.5 Å². The molecule has 0 fully saturated rings. The third kappa shape index (κ3) is 6.19. The number of aromatic nitrogens is 3. The number of halogens is 2. The summed E-state index contributed by atoms with van der Waals surface area (Å²) in [4.78, 5) is 27.0. The molecule has 5 aromatic rings. The number of sulfonamides is 1. The van der Waals surface area contributed by atoms with Crippen molar-refractivity contribution >= 4 is 51.0 Å². The van der Waals surface area contributed by atoms with Crippen LogP contribution in [0.5, 0.6) is 0 Å². The Morgan fingerprint density at radius 1 is 0.889 bits per heavy atom. The number of hydrogen-bond donors (Lipinski definition) is 1. The van der Waals surface area contributed by atoms with Gasteiger partial charge in [0.1, 0.15) is 12.2 Å². The molecule has 45 heavy (non-hydrogen) atoms. The molecule has 5 rings (SSSR count). The van der Waals surface area contributed by atoms with Crippen LogP contribution in [-0.4, -0.2) is 41.0 Å². The summed E-state index contributed by atoms with van der Waals surface area (Å²) in [6.07, 6.45) is 1.47. The topological polar surface area (TPSA) is 111 Å². The van der Waals surface area contributed by atoms with Gasteiger partial charge in [-0.15, -0.1) is 0 Å². The van der Waals surface area contributed by atoms with E-state index in [9.17, 15) is 18.0 Å². The zero-order chi connectivity index (χ0) is 32.5. The first-order chi connectivity index (χ1) is 21.4. The van der Waals surface area contributed by atoms with E-state index in [1.165, 1.54) is 23.0 Å². The Labute approximate surface area is 270 Å². The summed E-state index contributed by atoms with van der Waals surface area (Å²) < 4.78 is 33.6. The number of hydrazone groups is 1. The third-order valence-electron chi connectivity index (χ3n) is 7.42. The second-order valence-electron chi connectivity index (χ2n) is 10.3. The summed E-state index contributed by atoms with van der Waals surface area (Å²) in [6, 6.07) is 23.7. The minimum absolute atomic E-state index is 0.0649. The van der Waals surface area contributed by atoms with Gasteiger partial charge in [-0.1, -0.05) is 59.6 Å². The number of carbonyl (C=O) groups excluding carboxylic acids is 1. The van der Waals surface area contributed by atoms with E-state index in [1.54, 1.807) is 73.3 Å². The average molecular weight is 666 g/mol. The van der Waals surface area contributed by atoms with Gasteiger partial charge in [-0.25, -0.2) is 22.8 Å². The van der Waals surface area contributed by atoms with Crippen LogP contribution in [0.25, 0.3) is 11.4 Å². The minimum Gasteiger partial charge on any atom is -0.318 e. The quantitative estimate of drug-likeness (QED) is 0.165. The van der Waals surface area contributed by atoms with Crippen LogP contribution in [0.15, 0.2) is 99.7 Å². The van der Waals surface area contributed by atoms with E-state index in [4.69, 9.17) is 23.2 Å². The molecule has 0 aliphatic carbocycles. The van der Waals surface area contributed by atoms with Crippen molar-refractivity contribution < 1.29 is 13.2 Å². The summed E-state index contributed by atoms with van der Waals surface area (Å²) in [5.41, 5.74) is 5.84. The van der Waals surface area contributed by atoms with Gasteiger partial charge in [0.25, 0.3) is 21.5 Å². The molecule has 3 aromatic carbocycles. The third-order valence-corrected chi connectivity index (χ3v) is 9.92. The van der Waals surface area contributed by atoms with Gasteiger partial charge in [0.2, 0.25) is 0 Å². The number of hydrogen-bond acceptors (Lipinski definition) is 5. The number of nitrogens with zero attached hydrogens (tertiary/aromatic N) is 5. The number of aryl methyl sites for hydroxylation is 1. The number of para-hydroxylation sites is 1. The Morgan fingerprint density at radius 3 is 2.18 bits per heavy atom. The fourth-order valence-corrected chi connectivity index (χ4v) is 6.91. The van der Waals surface area contributed by atoms with Crippen LogP contribution in [0.2, 0.25) is 10.0 Å². The summed E-state index contributed by atoms with van der Waals surface area (Å²) in [5.74, 6) is -0.738. The van der Waals surface area contributed by atoms with Gasteiger partial charge >= 0.3 is 0 Å². The average Bonchev–Trinajstić information content (AvgIpc) is 3.43. The van der Waals surface area contributed by atoms with Crippen molar-refractivity contribution in [2.24, 2.45) is 12.1 Å². The molecule has 2 heterocycles. The lowest BCUT2D eigenvalue weighted by molar-refractivity contribution is -0.119. The van der Waals surface area contributed by atoms with Gasteiger partial charge in [-0.05, 0) is 69.3 Å². The van der Waals surface area contributed by atoms with Crippen LogP contribution >= 0.6 is 23.2 Å². The molecule has 0 aliphatic heterocycles. The zero-order valence-corrected chi connectivity index (χ0v) is 27.2. The maximum absolute atomic E-state index is 13.9. The van der Waals surface area contributed by atoms with E-state index in [1.807, 2.05) is 36.6 Å². The normalized spacial score (nSPS) is 11.7. The molecular weight excluding hydrogens is 635 g/mol. The van der Waals surface area contributed by atoms with Crippen molar-refractivity contribution in [3.63, 3.8) is 0 Å². The maximum atomic E-state index is 13.9. The Balaban J connectivity index is 1.46.